The van der Waals surface area contributed by atoms with Gasteiger partial charge >= 0.3 is 0 Å². The Labute approximate surface area is 184 Å². The monoisotopic (exact) mass is 458 g/mol. The molecule has 3 aromatic rings. The maximum absolute atomic E-state index is 13.4. The topological polar surface area (TPSA) is 93.2 Å². The number of aryl methyl sites for hydroxylation is 1. The fraction of sp³-hybridized carbons (Fsp3) is 0.261. The molecule has 0 saturated heterocycles. The Morgan fingerprint density at radius 1 is 0.839 bits per heavy atom. The van der Waals surface area contributed by atoms with Gasteiger partial charge in [-0.2, -0.15) is 0 Å². The van der Waals surface area contributed by atoms with Crippen molar-refractivity contribution >= 4 is 19.9 Å². The summed E-state index contributed by atoms with van der Waals surface area (Å²) in [7, 11) is -7.75. The van der Waals surface area contributed by atoms with E-state index in [2.05, 4.69) is 9.71 Å². The first kappa shape index (κ1) is 23.1. The van der Waals surface area contributed by atoms with E-state index in [1.54, 1.807) is 42.6 Å². The molecule has 0 aliphatic heterocycles. The van der Waals surface area contributed by atoms with Crippen LogP contribution in [0.1, 0.15) is 41.7 Å². The minimum Gasteiger partial charge on any atom is -0.264 e. The minimum absolute atomic E-state index is 0.0922. The standard InChI is InChI=1S/C23H26N2O4S2/c1-17(2)19-8-12-22(13-9-19)31(28,29)25-16-23(20-5-4-14-24-15-20)30(26,27)21-10-6-18(3)7-11-21/h4-15,17,23,25H,16H2,1-3H3/t23-/m0/s1. The zero-order valence-electron chi connectivity index (χ0n) is 17.7. The molecule has 1 N–H and O–H groups in total. The Hall–Kier alpha value is -2.55. The summed E-state index contributed by atoms with van der Waals surface area (Å²) in [5.74, 6) is 0.277. The van der Waals surface area contributed by atoms with Crippen molar-refractivity contribution in [1.82, 2.24) is 9.71 Å². The molecule has 0 saturated carbocycles. The molecule has 0 bridgehead atoms. The van der Waals surface area contributed by atoms with E-state index >= 15 is 0 Å². The fourth-order valence-corrected chi connectivity index (χ4v) is 5.96. The summed E-state index contributed by atoms with van der Waals surface area (Å²) in [6.07, 6.45) is 2.99. The molecule has 0 spiro atoms. The third-order valence-corrected chi connectivity index (χ3v) is 8.65. The molecule has 8 heteroatoms. The molecule has 31 heavy (non-hydrogen) atoms. The van der Waals surface area contributed by atoms with E-state index in [0.29, 0.717) is 5.56 Å². The number of hydrogen-bond donors (Lipinski definition) is 1. The van der Waals surface area contributed by atoms with E-state index in [0.717, 1.165) is 11.1 Å². The van der Waals surface area contributed by atoms with Gasteiger partial charge in [0, 0.05) is 18.9 Å². The molecule has 6 nitrogen and oxygen atoms in total. The largest absolute Gasteiger partial charge is 0.264 e. The average Bonchev–Trinajstić information content (AvgIpc) is 2.75. The summed E-state index contributed by atoms with van der Waals surface area (Å²) in [6.45, 7) is 5.61. The molecule has 0 fully saturated rings. The van der Waals surface area contributed by atoms with Gasteiger partial charge in [-0.05, 0) is 54.3 Å². The highest BCUT2D eigenvalue weighted by Crippen LogP contribution is 2.29. The quantitative estimate of drug-likeness (QED) is 0.551. The first-order valence-electron chi connectivity index (χ1n) is 9.91. The number of sulfonamides is 1. The van der Waals surface area contributed by atoms with Crippen LogP contribution in [0.3, 0.4) is 0 Å². The van der Waals surface area contributed by atoms with E-state index < -0.39 is 25.1 Å². The van der Waals surface area contributed by atoms with Gasteiger partial charge in [-0.15, -0.1) is 0 Å². The molecule has 1 atom stereocenters. The van der Waals surface area contributed by atoms with Crippen LogP contribution in [0.2, 0.25) is 0 Å². The Kier molecular flexibility index (Phi) is 6.93. The van der Waals surface area contributed by atoms with Gasteiger partial charge < -0.3 is 0 Å². The van der Waals surface area contributed by atoms with Crippen LogP contribution in [-0.2, 0) is 19.9 Å². The van der Waals surface area contributed by atoms with Crippen LogP contribution in [0, 0.1) is 6.92 Å². The lowest BCUT2D eigenvalue weighted by Crippen LogP contribution is -2.32. The summed E-state index contributed by atoms with van der Waals surface area (Å²) in [4.78, 5) is 4.24. The molecule has 1 heterocycles. The lowest BCUT2D eigenvalue weighted by Gasteiger charge is -2.19. The molecule has 1 aromatic heterocycles. The van der Waals surface area contributed by atoms with Crippen molar-refractivity contribution < 1.29 is 16.8 Å². The number of sulfone groups is 1. The van der Waals surface area contributed by atoms with Crippen LogP contribution < -0.4 is 4.72 Å². The summed E-state index contributed by atoms with van der Waals surface area (Å²) >= 11 is 0. The summed E-state index contributed by atoms with van der Waals surface area (Å²) < 4.78 is 54.9. The van der Waals surface area contributed by atoms with Gasteiger partial charge in [0.2, 0.25) is 10.0 Å². The number of pyridine rings is 1. The number of hydrogen-bond acceptors (Lipinski definition) is 5. The number of nitrogens with one attached hydrogen (secondary N) is 1. The predicted octanol–water partition coefficient (Wildman–Crippen LogP) is 4.01. The molecular weight excluding hydrogens is 432 g/mol. The minimum atomic E-state index is -3.89. The summed E-state index contributed by atoms with van der Waals surface area (Å²) in [5, 5.41) is -1.12. The van der Waals surface area contributed by atoms with Gasteiger partial charge in [-0.25, -0.2) is 21.6 Å². The SMILES string of the molecule is Cc1ccc(S(=O)(=O)[C@@H](CNS(=O)(=O)c2ccc(C(C)C)cc2)c2cccnc2)cc1. The van der Waals surface area contributed by atoms with Gasteiger partial charge in [-0.3, -0.25) is 4.98 Å². The van der Waals surface area contributed by atoms with Crippen LogP contribution in [-0.4, -0.2) is 28.4 Å². The van der Waals surface area contributed by atoms with E-state index in [1.165, 1.54) is 30.5 Å². The number of rotatable bonds is 8. The Balaban J connectivity index is 1.91. The van der Waals surface area contributed by atoms with Crippen molar-refractivity contribution in [2.75, 3.05) is 6.54 Å². The lowest BCUT2D eigenvalue weighted by atomic mass is 10.0. The third kappa shape index (κ3) is 5.39. The van der Waals surface area contributed by atoms with Crippen molar-refractivity contribution in [3.8, 4) is 0 Å². The Bertz CT molecular complexity index is 1220. The highest BCUT2D eigenvalue weighted by molar-refractivity contribution is 7.92. The third-order valence-electron chi connectivity index (χ3n) is 5.10. The van der Waals surface area contributed by atoms with Gasteiger partial charge in [0.05, 0.1) is 9.79 Å². The second-order valence-corrected chi connectivity index (χ2v) is 11.6. The summed E-state index contributed by atoms with van der Waals surface area (Å²) in [5.41, 5.74) is 2.37. The van der Waals surface area contributed by atoms with Gasteiger partial charge in [0.1, 0.15) is 5.25 Å². The molecule has 0 unspecified atom stereocenters. The Morgan fingerprint density at radius 3 is 2.00 bits per heavy atom. The first-order valence-corrected chi connectivity index (χ1v) is 12.9. The second-order valence-electron chi connectivity index (χ2n) is 7.71. The van der Waals surface area contributed by atoms with Crippen molar-refractivity contribution in [3.63, 3.8) is 0 Å². The molecule has 2 aromatic carbocycles. The van der Waals surface area contributed by atoms with E-state index in [-0.39, 0.29) is 22.3 Å². The Morgan fingerprint density at radius 2 is 1.45 bits per heavy atom. The smallest absolute Gasteiger partial charge is 0.240 e. The average molecular weight is 459 g/mol. The molecule has 0 radical (unpaired) electrons. The molecule has 0 aliphatic rings. The highest BCUT2D eigenvalue weighted by atomic mass is 32.2. The normalized spacial score (nSPS) is 13.3. The van der Waals surface area contributed by atoms with Crippen LogP contribution >= 0.6 is 0 Å². The summed E-state index contributed by atoms with van der Waals surface area (Å²) in [6, 6.07) is 16.4. The van der Waals surface area contributed by atoms with Crippen LogP contribution in [0.4, 0.5) is 0 Å². The zero-order valence-corrected chi connectivity index (χ0v) is 19.3. The highest BCUT2D eigenvalue weighted by Gasteiger charge is 2.31. The molecule has 0 amide bonds. The van der Waals surface area contributed by atoms with Crippen molar-refractivity contribution in [2.45, 2.75) is 41.7 Å². The molecule has 164 valence electrons. The van der Waals surface area contributed by atoms with Crippen molar-refractivity contribution in [2.24, 2.45) is 0 Å². The van der Waals surface area contributed by atoms with Crippen LogP contribution in [0.15, 0.2) is 82.8 Å². The molecular formula is C23H26N2O4S2. The number of aromatic nitrogens is 1. The second kappa shape index (κ2) is 9.30. The van der Waals surface area contributed by atoms with Crippen molar-refractivity contribution in [1.29, 1.82) is 0 Å². The van der Waals surface area contributed by atoms with E-state index in [9.17, 15) is 16.8 Å². The maximum atomic E-state index is 13.4. The first-order chi connectivity index (χ1) is 14.6. The van der Waals surface area contributed by atoms with Crippen molar-refractivity contribution in [3.05, 3.63) is 89.7 Å². The number of benzene rings is 2. The molecule has 0 aliphatic carbocycles. The van der Waals surface area contributed by atoms with E-state index in [4.69, 9.17) is 0 Å². The van der Waals surface area contributed by atoms with Gasteiger partial charge in [-0.1, -0.05) is 49.7 Å². The van der Waals surface area contributed by atoms with E-state index in [1.807, 2.05) is 20.8 Å². The van der Waals surface area contributed by atoms with Crippen LogP contribution in [0.25, 0.3) is 0 Å². The fourth-order valence-electron chi connectivity index (χ4n) is 3.17. The van der Waals surface area contributed by atoms with Crippen LogP contribution in [0.5, 0.6) is 0 Å². The zero-order chi connectivity index (χ0) is 22.6. The predicted molar refractivity (Wildman–Crippen MR) is 121 cm³/mol. The number of nitrogens with zero attached hydrogens (tertiary/aromatic N) is 1. The van der Waals surface area contributed by atoms with Gasteiger partial charge in [0.15, 0.2) is 9.84 Å². The maximum Gasteiger partial charge on any atom is 0.240 e. The van der Waals surface area contributed by atoms with Gasteiger partial charge in [0.25, 0.3) is 0 Å². The molecule has 3 rings (SSSR count). The lowest BCUT2D eigenvalue weighted by molar-refractivity contribution is 0.568.